The van der Waals surface area contributed by atoms with Crippen LogP contribution in [0.4, 0.5) is 0 Å². The van der Waals surface area contributed by atoms with E-state index in [9.17, 15) is 15.3 Å². The minimum Gasteiger partial charge on any atom is -0.396 e. The van der Waals surface area contributed by atoms with Crippen molar-refractivity contribution < 1.29 is 15.3 Å². The second-order valence-corrected chi connectivity index (χ2v) is 6.59. The van der Waals surface area contributed by atoms with Crippen LogP contribution < -0.4 is 0 Å². The first-order chi connectivity index (χ1) is 8.48. The molecule has 0 aliphatic heterocycles. The fourth-order valence-electron chi connectivity index (χ4n) is 3.71. The highest BCUT2D eigenvalue weighted by Gasteiger charge is 2.42. The van der Waals surface area contributed by atoms with E-state index in [0.29, 0.717) is 17.8 Å². The van der Waals surface area contributed by atoms with Crippen LogP contribution in [-0.2, 0) is 0 Å². The monoisotopic (exact) mass is 258 g/mol. The highest BCUT2D eigenvalue weighted by Crippen LogP contribution is 2.50. The zero-order valence-electron chi connectivity index (χ0n) is 12.1. The Morgan fingerprint density at radius 3 is 2.22 bits per heavy atom. The Morgan fingerprint density at radius 2 is 1.72 bits per heavy atom. The Morgan fingerprint density at radius 1 is 1.11 bits per heavy atom. The average Bonchev–Trinajstić information content (AvgIpc) is 2.37. The van der Waals surface area contributed by atoms with Gasteiger partial charge in [-0.2, -0.15) is 0 Å². The van der Waals surface area contributed by atoms with Gasteiger partial charge < -0.3 is 15.3 Å². The van der Waals surface area contributed by atoms with Crippen molar-refractivity contribution in [3.8, 4) is 0 Å². The molecule has 0 radical (unpaired) electrons. The molecule has 3 nitrogen and oxygen atoms in total. The van der Waals surface area contributed by atoms with Crippen molar-refractivity contribution in [3.63, 3.8) is 0 Å². The maximum atomic E-state index is 9.46. The van der Waals surface area contributed by atoms with Crippen LogP contribution in [0.3, 0.4) is 0 Å². The molecule has 1 aliphatic carbocycles. The van der Waals surface area contributed by atoms with Gasteiger partial charge in [0, 0.05) is 19.8 Å². The first-order valence-corrected chi connectivity index (χ1v) is 7.31. The lowest BCUT2D eigenvalue weighted by atomic mass is 9.58. The van der Waals surface area contributed by atoms with Crippen molar-refractivity contribution in [1.82, 2.24) is 0 Å². The van der Waals surface area contributed by atoms with E-state index < -0.39 is 0 Å². The van der Waals surface area contributed by atoms with Gasteiger partial charge in [-0.25, -0.2) is 0 Å². The molecule has 0 heterocycles. The summed E-state index contributed by atoms with van der Waals surface area (Å²) in [5.41, 5.74) is 0.141. The quantitative estimate of drug-likeness (QED) is 0.683. The Hall–Kier alpha value is -0.120. The maximum absolute atomic E-state index is 9.46. The second-order valence-electron chi connectivity index (χ2n) is 6.59. The molecule has 5 atom stereocenters. The lowest BCUT2D eigenvalue weighted by molar-refractivity contribution is -0.0143. The van der Waals surface area contributed by atoms with E-state index >= 15 is 0 Å². The van der Waals surface area contributed by atoms with Crippen LogP contribution in [0.15, 0.2) is 0 Å². The maximum Gasteiger partial charge on any atom is 0.0459 e. The molecule has 0 saturated heterocycles. The smallest absolute Gasteiger partial charge is 0.0459 e. The summed E-state index contributed by atoms with van der Waals surface area (Å²) in [5, 5.41) is 28.0. The van der Waals surface area contributed by atoms with E-state index in [1.54, 1.807) is 0 Å². The third-order valence-electron chi connectivity index (χ3n) is 5.29. The zero-order chi connectivity index (χ0) is 13.8. The van der Waals surface area contributed by atoms with Crippen LogP contribution in [0, 0.1) is 29.1 Å². The van der Waals surface area contributed by atoms with Gasteiger partial charge in [0.25, 0.3) is 0 Å². The molecule has 0 amide bonds. The molecule has 18 heavy (non-hydrogen) atoms. The SMILES string of the molecule is CC(CO)C1CCC(C)(CCO)C(C(C)CO)C1. The lowest BCUT2D eigenvalue weighted by Gasteiger charge is -2.48. The number of rotatable bonds is 6. The summed E-state index contributed by atoms with van der Waals surface area (Å²) >= 11 is 0. The standard InChI is InChI=1S/C15H30O3/c1-11(9-17)13-4-5-15(3,6-7-16)14(8-13)12(2)10-18/h11-14,16-18H,4-10H2,1-3H3. The van der Waals surface area contributed by atoms with Crippen LogP contribution in [0.1, 0.15) is 46.5 Å². The van der Waals surface area contributed by atoms with E-state index in [1.165, 1.54) is 0 Å². The number of aliphatic hydroxyl groups is 3. The molecule has 1 rings (SSSR count). The molecule has 0 aromatic heterocycles. The number of hydrogen-bond donors (Lipinski definition) is 3. The van der Waals surface area contributed by atoms with Crippen LogP contribution in [0.25, 0.3) is 0 Å². The van der Waals surface area contributed by atoms with Crippen molar-refractivity contribution in [2.24, 2.45) is 29.1 Å². The molecule has 1 fully saturated rings. The Labute approximate surface area is 111 Å². The predicted molar refractivity (Wildman–Crippen MR) is 73.1 cm³/mol. The number of hydrogen-bond acceptors (Lipinski definition) is 3. The van der Waals surface area contributed by atoms with Gasteiger partial charge in [-0.05, 0) is 54.8 Å². The Bertz CT molecular complexity index is 244. The Balaban J connectivity index is 2.79. The van der Waals surface area contributed by atoms with E-state index in [2.05, 4.69) is 20.8 Å². The van der Waals surface area contributed by atoms with E-state index in [1.807, 2.05) is 0 Å². The summed E-state index contributed by atoms with van der Waals surface area (Å²) in [4.78, 5) is 0. The van der Waals surface area contributed by atoms with Crippen molar-refractivity contribution in [1.29, 1.82) is 0 Å². The van der Waals surface area contributed by atoms with E-state index in [4.69, 9.17) is 0 Å². The van der Waals surface area contributed by atoms with Crippen molar-refractivity contribution >= 4 is 0 Å². The molecule has 0 aromatic rings. The molecule has 1 aliphatic rings. The lowest BCUT2D eigenvalue weighted by Crippen LogP contribution is -2.41. The van der Waals surface area contributed by atoms with Gasteiger partial charge in [0.1, 0.15) is 0 Å². The van der Waals surface area contributed by atoms with Gasteiger partial charge in [-0.15, -0.1) is 0 Å². The fraction of sp³-hybridized carbons (Fsp3) is 1.00. The third-order valence-corrected chi connectivity index (χ3v) is 5.29. The highest BCUT2D eigenvalue weighted by molar-refractivity contribution is 4.92. The summed E-state index contributed by atoms with van der Waals surface area (Å²) in [6.07, 6.45) is 4.12. The minimum absolute atomic E-state index is 0.141. The molecule has 1 saturated carbocycles. The van der Waals surface area contributed by atoms with Gasteiger partial charge in [-0.3, -0.25) is 0 Å². The van der Waals surface area contributed by atoms with Gasteiger partial charge >= 0.3 is 0 Å². The summed E-state index contributed by atoms with van der Waals surface area (Å²) in [6, 6.07) is 0. The summed E-state index contributed by atoms with van der Waals surface area (Å²) in [5.74, 6) is 1.62. The van der Waals surface area contributed by atoms with Crippen LogP contribution >= 0.6 is 0 Å². The summed E-state index contributed by atoms with van der Waals surface area (Å²) < 4.78 is 0. The minimum atomic E-state index is 0.141. The van der Waals surface area contributed by atoms with Crippen molar-refractivity contribution in [2.45, 2.75) is 46.5 Å². The third kappa shape index (κ3) is 3.46. The Kier molecular flexibility index (Phi) is 6.09. The zero-order valence-corrected chi connectivity index (χ0v) is 12.1. The van der Waals surface area contributed by atoms with Gasteiger partial charge in [0.2, 0.25) is 0 Å². The molecule has 0 spiro atoms. The summed E-state index contributed by atoms with van der Waals surface area (Å²) in [6.45, 7) is 7.16. The fourth-order valence-corrected chi connectivity index (χ4v) is 3.71. The first-order valence-electron chi connectivity index (χ1n) is 7.31. The number of aliphatic hydroxyl groups excluding tert-OH is 3. The predicted octanol–water partition coefficient (Wildman–Crippen LogP) is 2.05. The summed E-state index contributed by atoms with van der Waals surface area (Å²) in [7, 11) is 0. The molecular formula is C15H30O3. The van der Waals surface area contributed by atoms with Gasteiger partial charge in [0.15, 0.2) is 0 Å². The molecule has 5 unspecified atom stereocenters. The molecule has 3 heteroatoms. The highest BCUT2D eigenvalue weighted by atomic mass is 16.3. The molecular weight excluding hydrogens is 228 g/mol. The second kappa shape index (κ2) is 6.88. The van der Waals surface area contributed by atoms with Gasteiger partial charge in [-0.1, -0.05) is 20.8 Å². The molecule has 108 valence electrons. The molecule has 3 N–H and O–H groups in total. The van der Waals surface area contributed by atoms with Crippen LogP contribution in [-0.4, -0.2) is 35.1 Å². The van der Waals surface area contributed by atoms with Crippen molar-refractivity contribution in [2.75, 3.05) is 19.8 Å². The average molecular weight is 258 g/mol. The van der Waals surface area contributed by atoms with E-state index in [-0.39, 0.29) is 31.2 Å². The first kappa shape index (κ1) is 15.9. The largest absolute Gasteiger partial charge is 0.396 e. The van der Waals surface area contributed by atoms with Crippen molar-refractivity contribution in [3.05, 3.63) is 0 Å². The topological polar surface area (TPSA) is 60.7 Å². The van der Waals surface area contributed by atoms with Crippen LogP contribution in [0.2, 0.25) is 0 Å². The normalized spacial score (nSPS) is 36.3. The van der Waals surface area contributed by atoms with E-state index in [0.717, 1.165) is 25.7 Å². The molecule has 0 aromatic carbocycles. The molecule has 0 bridgehead atoms. The van der Waals surface area contributed by atoms with Gasteiger partial charge in [0.05, 0.1) is 0 Å². The van der Waals surface area contributed by atoms with Crippen LogP contribution in [0.5, 0.6) is 0 Å².